The van der Waals surface area contributed by atoms with Crippen LogP contribution in [0.5, 0.6) is 0 Å². The van der Waals surface area contributed by atoms with E-state index in [1.54, 1.807) is 0 Å². The van der Waals surface area contributed by atoms with E-state index in [1.165, 1.54) is 24.2 Å². The Hall–Kier alpha value is -1.11. The molecule has 2 atom stereocenters. The summed E-state index contributed by atoms with van der Waals surface area (Å²) in [5.74, 6) is 0.929. The van der Waals surface area contributed by atoms with E-state index in [4.69, 9.17) is 0 Å². The first-order valence-corrected chi connectivity index (χ1v) is 9.93. The van der Waals surface area contributed by atoms with E-state index in [0.717, 1.165) is 17.7 Å². The second-order valence-electron chi connectivity index (χ2n) is 7.33. The highest BCUT2D eigenvalue weighted by Crippen LogP contribution is 2.33. The van der Waals surface area contributed by atoms with E-state index in [0.29, 0.717) is 50.6 Å². The van der Waals surface area contributed by atoms with Crippen molar-refractivity contribution in [3.05, 3.63) is 22.4 Å². The van der Waals surface area contributed by atoms with Gasteiger partial charge >= 0.3 is 0 Å². The molecule has 3 aliphatic rings. The highest BCUT2D eigenvalue weighted by Gasteiger charge is 2.35. The quantitative estimate of drug-likeness (QED) is 0.871. The fourth-order valence-electron chi connectivity index (χ4n) is 4.43. The van der Waals surface area contributed by atoms with Crippen LogP contribution >= 0.6 is 23.7 Å². The number of rotatable bonds is 3. The number of hydrogen-bond acceptors (Lipinski definition) is 4. The zero-order valence-electron chi connectivity index (χ0n) is 14.4. The maximum absolute atomic E-state index is 12.6. The molecule has 7 heteroatoms. The maximum Gasteiger partial charge on any atom is 0.264 e. The Kier molecular flexibility index (Phi) is 6.02. The summed E-state index contributed by atoms with van der Waals surface area (Å²) in [5, 5.41) is 5.57. The summed E-state index contributed by atoms with van der Waals surface area (Å²) in [7, 11) is 0. The van der Waals surface area contributed by atoms with Gasteiger partial charge < -0.3 is 15.1 Å². The van der Waals surface area contributed by atoms with Crippen molar-refractivity contribution in [1.29, 1.82) is 0 Å². The zero-order chi connectivity index (χ0) is 16.5. The lowest BCUT2D eigenvalue weighted by molar-refractivity contribution is -0.134. The molecule has 2 amide bonds. The van der Waals surface area contributed by atoms with E-state index in [9.17, 15) is 9.59 Å². The van der Waals surface area contributed by atoms with Crippen LogP contribution in [0.2, 0.25) is 0 Å². The Bertz CT molecular complexity index is 589. The van der Waals surface area contributed by atoms with Crippen molar-refractivity contribution in [1.82, 2.24) is 15.1 Å². The molecule has 2 unspecified atom stereocenters. The molecule has 1 N–H and O–H groups in total. The normalized spacial score (nSPS) is 28.6. The number of fused-ring (bicyclic) bond motifs is 2. The van der Waals surface area contributed by atoms with Crippen LogP contribution in [0.1, 0.15) is 41.8 Å². The van der Waals surface area contributed by atoms with Gasteiger partial charge in [0.05, 0.1) is 4.88 Å². The second kappa shape index (κ2) is 8.06. The van der Waals surface area contributed by atoms with Gasteiger partial charge in [-0.1, -0.05) is 6.07 Å². The second-order valence-corrected chi connectivity index (χ2v) is 8.28. The first-order valence-electron chi connectivity index (χ1n) is 9.05. The van der Waals surface area contributed by atoms with Gasteiger partial charge in [-0.15, -0.1) is 23.7 Å². The van der Waals surface area contributed by atoms with Gasteiger partial charge in [0.15, 0.2) is 0 Å². The van der Waals surface area contributed by atoms with E-state index < -0.39 is 0 Å². The number of thiophene rings is 1. The predicted molar refractivity (Wildman–Crippen MR) is 101 cm³/mol. The van der Waals surface area contributed by atoms with Crippen molar-refractivity contribution >= 4 is 35.6 Å². The number of amides is 2. The van der Waals surface area contributed by atoms with Crippen LogP contribution in [0.4, 0.5) is 0 Å². The molecule has 138 valence electrons. The third kappa shape index (κ3) is 4.18. The monoisotopic (exact) mass is 383 g/mol. The summed E-state index contributed by atoms with van der Waals surface area (Å²) in [5.41, 5.74) is 0. The van der Waals surface area contributed by atoms with Gasteiger partial charge in [0.25, 0.3) is 5.91 Å². The Balaban J connectivity index is 0.00000182. The number of piperidine rings is 1. The molecule has 3 saturated heterocycles. The highest BCUT2D eigenvalue weighted by atomic mass is 35.5. The third-order valence-electron chi connectivity index (χ3n) is 5.69. The van der Waals surface area contributed by atoms with Crippen LogP contribution < -0.4 is 5.32 Å². The predicted octanol–water partition coefficient (Wildman–Crippen LogP) is 2.38. The lowest BCUT2D eigenvalue weighted by Crippen LogP contribution is -2.51. The molecule has 0 saturated carbocycles. The SMILES string of the molecule is Cl.O=C(CC1CC2CCC(C1)N2)N1CCN(C(=O)c2cccs2)CC1. The molecule has 0 radical (unpaired) electrons. The van der Waals surface area contributed by atoms with Gasteiger partial charge in [0, 0.05) is 44.7 Å². The van der Waals surface area contributed by atoms with Crippen LogP contribution in [0.3, 0.4) is 0 Å². The molecule has 3 fully saturated rings. The Labute approximate surface area is 159 Å². The molecule has 0 aromatic carbocycles. The molecule has 0 spiro atoms. The van der Waals surface area contributed by atoms with E-state index >= 15 is 0 Å². The van der Waals surface area contributed by atoms with Crippen LogP contribution in [0.25, 0.3) is 0 Å². The summed E-state index contributed by atoms with van der Waals surface area (Å²) in [6.45, 7) is 2.65. The average Bonchev–Trinajstić information content (AvgIpc) is 3.24. The summed E-state index contributed by atoms with van der Waals surface area (Å²) in [6, 6.07) is 5.06. The largest absolute Gasteiger partial charge is 0.339 e. The van der Waals surface area contributed by atoms with Crippen molar-refractivity contribution in [3.8, 4) is 0 Å². The molecule has 1 aromatic rings. The minimum absolute atomic E-state index is 0. The average molecular weight is 384 g/mol. The summed E-state index contributed by atoms with van der Waals surface area (Å²) < 4.78 is 0. The molecule has 4 heterocycles. The number of piperazine rings is 1. The van der Waals surface area contributed by atoms with Gasteiger partial charge in [0.1, 0.15) is 0 Å². The molecule has 4 rings (SSSR count). The van der Waals surface area contributed by atoms with Gasteiger partial charge in [0.2, 0.25) is 5.91 Å². The lowest BCUT2D eigenvalue weighted by Gasteiger charge is -2.36. The molecular formula is C18H26ClN3O2S. The topological polar surface area (TPSA) is 52.7 Å². The lowest BCUT2D eigenvalue weighted by atomic mass is 9.89. The van der Waals surface area contributed by atoms with Crippen molar-refractivity contribution in [2.24, 2.45) is 5.92 Å². The molecule has 1 aromatic heterocycles. The molecule has 25 heavy (non-hydrogen) atoms. The minimum Gasteiger partial charge on any atom is -0.339 e. The van der Waals surface area contributed by atoms with Gasteiger partial charge in [-0.25, -0.2) is 0 Å². The zero-order valence-corrected chi connectivity index (χ0v) is 16.0. The Morgan fingerprint density at radius 1 is 1.08 bits per heavy atom. The van der Waals surface area contributed by atoms with Crippen LogP contribution in [-0.4, -0.2) is 59.9 Å². The van der Waals surface area contributed by atoms with Crippen molar-refractivity contribution in [2.75, 3.05) is 26.2 Å². The number of carbonyl (C=O) groups is 2. The fourth-order valence-corrected chi connectivity index (χ4v) is 5.12. The summed E-state index contributed by atoms with van der Waals surface area (Å²) in [6.07, 6.45) is 5.55. The third-order valence-corrected chi connectivity index (χ3v) is 6.54. The Morgan fingerprint density at radius 3 is 2.32 bits per heavy atom. The molecule has 3 aliphatic heterocycles. The number of nitrogens with zero attached hydrogens (tertiary/aromatic N) is 2. The number of halogens is 1. The Morgan fingerprint density at radius 2 is 1.72 bits per heavy atom. The maximum atomic E-state index is 12.6. The first-order chi connectivity index (χ1) is 11.7. The summed E-state index contributed by atoms with van der Waals surface area (Å²) >= 11 is 1.48. The van der Waals surface area contributed by atoms with Gasteiger partial charge in [-0.3, -0.25) is 9.59 Å². The standard InChI is InChI=1S/C18H25N3O2S.ClH/c22-17(12-13-10-14-3-4-15(11-13)19-14)20-5-7-21(8-6-20)18(23)16-2-1-9-24-16;/h1-2,9,13-15,19H,3-8,10-12H2;1H. The van der Waals surface area contributed by atoms with Crippen LogP contribution in [-0.2, 0) is 4.79 Å². The number of hydrogen-bond donors (Lipinski definition) is 1. The first kappa shape index (κ1) is 18.7. The summed E-state index contributed by atoms with van der Waals surface area (Å²) in [4.78, 5) is 29.6. The molecule has 5 nitrogen and oxygen atoms in total. The van der Waals surface area contributed by atoms with Crippen molar-refractivity contribution < 1.29 is 9.59 Å². The van der Waals surface area contributed by atoms with E-state index in [2.05, 4.69) is 5.32 Å². The minimum atomic E-state index is 0. The number of carbonyl (C=O) groups excluding carboxylic acids is 2. The molecule has 2 bridgehead atoms. The van der Waals surface area contributed by atoms with Crippen molar-refractivity contribution in [2.45, 2.75) is 44.2 Å². The van der Waals surface area contributed by atoms with Gasteiger partial charge in [-0.2, -0.15) is 0 Å². The van der Waals surface area contributed by atoms with Crippen molar-refractivity contribution in [3.63, 3.8) is 0 Å². The van der Waals surface area contributed by atoms with E-state index in [-0.39, 0.29) is 24.2 Å². The number of nitrogens with one attached hydrogen (secondary N) is 1. The van der Waals surface area contributed by atoms with Crippen LogP contribution in [0.15, 0.2) is 17.5 Å². The molecular weight excluding hydrogens is 358 g/mol. The highest BCUT2D eigenvalue weighted by molar-refractivity contribution is 7.12. The van der Waals surface area contributed by atoms with Gasteiger partial charge in [-0.05, 0) is 43.0 Å². The fraction of sp³-hybridized carbons (Fsp3) is 0.667. The van der Waals surface area contributed by atoms with E-state index in [1.807, 2.05) is 27.3 Å². The molecule has 0 aliphatic carbocycles. The smallest absolute Gasteiger partial charge is 0.264 e. The van der Waals surface area contributed by atoms with Crippen LogP contribution in [0, 0.1) is 5.92 Å².